The molecule has 0 aromatic heterocycles. The molecule has 0 saturated heterocycles. The molecule has 1 heterocycles. The Bertz CT molecular complexity index is 138. The molecule has 0 aliphatic carbocycles. The first-order valence-corrected chi connectivity index (χ1v) is 3.87. The number of nitrogens with one attached hydrogen (secondary N) is 1. The Balaban J connectivity index is 2.57. The first kappa shape index (κ1) is 7.76. The highest BCUT2D eigenvalue weighted by Gasteiger charge is 2.10. The third kappa shape index (κ3) is 1.82. The van der Waals surface area contributed by atoms with Crippen LogP contribution in [0.5, 0.6) is 0 Å². The van der Waals surface area contributed by atoms with E-state index < -0.39 is 0 Å². The average molecular weight is 140 g/mol. The van der Waals surface area contributed by atoms with Crippen molar-refractivity contribution in [3.63, 3.8) is 0 Å². The van der Waals surface area contributed by atoms with Crippen molar-refractivity contribution in [2.24, 2.45) is 11.7 Å². The highest BCUT2D eigenvalue weighted by Crippen LogP contribution is 2.10. The molecule has 3 N–H and O–H groups in total. The van der Waals surface area contributed by atoms with Crippen LogP contribution < -0.4 is 11.1 Å². The first-order chi connectivity index (χ1) is 4.70. The van der Waals surface area contributed by atoms with Gasteiger partial charge in [0.15, 0.2) is 0 Å². The predicted molar refractivity (Wildman–Crippen MR) is 43.8 cm³/mol. The summed E-state index contributed by atoms with van der Waals surface area (Å²) in [5.41, 5.74) is 7.17. The molecule has 2 nitrogen and oxygen atoms in total. The van der Waals surface area contributed by atoms with Gasteiger partial charge in [-0.25, -0.2) is 0 Å². The highest BCUT2D eigenvalue weighted by atomic mass is 14.9. The van der Waals surface area contributed by atoms with Crippen molar-refractivity contribution in [1.29, 1.82) is 0 Å². The van der Waals surface area contributed by atoms with E-state index in [-0.39, 0.29) is 6.04 Å². The van der Waals surface area contributed by atoms with Crippen LogP contribution in [0, 0.1) is 5.92 Å². The Labute approximate surface area is 62.5 Å². The van der Waals surface area contributed by atoms with Crippen LogP contribution in [0.25, 0.3) is 0 Å². The molecule has 0 saturated carbocycles. The summed E-state index contributed by atoms with van der Waals surface area (Å²) in [4.78, 5) is 0. The molecule has 1 aliphatic rings. The SMILES string of the molecule is CC(C)C1=CC(N)CNC1. The molecule has 0 aromatic rings. The summed E-state index contributed by atoms with van der Waals surface area (Å²) in [7, 11) is 0. The summed E-state index contributed by atoms with van der Waals surface area (Å²) in [5.74, 6) is 0.638. The molecule has 1 atom stereocenters. The van der Waals surface area contributed by atoms with Gasteiger partial charge in [0.2, 0.25) is 0 Å². The average Bonchev–Trinajstić information content (AvgIpc) is 1.88. The van der Waals surface area contributed by atoms with E-state index in [4.69, 9.17) is 5.73 Å². The summed E-state index contributed by atoms with van der Waals surface area (Å²) in [6.07, 6.45) is 2.18. The number of hydrogen-bond acceptors (Lipinski definition) is 2. The van der Waals surface area contributed by atoms with Gasteiger partial charge in [0.1, 0.15) is 0 Å². The fourth-order valence-corrected chi connectivity index (χ4v) is 1.17. The summed E-state index contributed by atoms with van der Waals surface area (Å²) in [6, 6.07) is 0.228. The minimum atomic E-state index is 0.228. The monoisotopic (exact) mass is 140 g/mol. The van der Waals surface area contributed by atoms with E-state index in [9.17, 15) is 0 Å². The highest BCUT2D eigenvalue weighted by molar-refractivity contribution is 5.14. The van der Waals surface area contributed by atoms with Crippen molar-refractivity contribution >= 4 is 0 Å². The van der Waals surface area contributed by atoms with Gasteiger partial charge < -0.3 is 11.1 Å². The van der Waals surface area contributed by atoms with Crippen LogP contribution in [0.3, 0.4) is 0 Å². The lowest BCUT2D eigenvalue weighted by atomic mass is 9.98. The lowest BCUT2D eigenvalue weighted by molar-refractivity contribution is 0.586. The molecule has 10 heavy (non-hydrogen) atoms. The third-order valence-electron chi connectivity index (χ3n) is 1.88. The van der Waals surface area contributed by atoms with Crippen LogP contribution in [-0.4, -0.2) is 19.1 Å². The summed E-state index contributed by atoms with van der Waals surface area (Å²) < 4.78 is 0. The van der Waals surface area contributed by atoms with Crippen LogP contribution in [0.4, 0.5) is 0 Å². The van der Waals surface area contributed by atoms with Gasteiger partial charge in [0.25, 0.3) is 0 Å². The molecule has 58 valence electrons. The molecule has 0 amide bonds. The second-order valence-electron chi connectivity index (χ2n) is 3.19. The molecule has 0 radical (unpaired) electrons. The maximum absolute atomic E-state index is 5.72. The van der Waals surface area contributed by atoms with Gasteiger partial charge in [-0.1, -0.05) is 25.5 Å². The molecular formula is C8H16N2. The second-order valence-corrected chi connectivity index (χ2v) is 3.19. The Hall–Kier alpha value is -0.340. The maximum Gasteiger partial charge on any atom is 0.0354 e. The topological polar surface area (TPSA) is 38.0 Å². The van der Waals surface area contributed by atoms with Crippen LogP contribution in [0.2, 0.25) is 0 Å². The molecule has 0 spiro atoms. The summed E-state index contributed by atoms with van der Waals surface area (Å²) in [5, 5.41) is 3.27. The fraction of sp³-hybridized carbons (Fsp3) is 0.750. The van der Waals surface area contributed by atoms with Crippen molar-refractivity contribution in [2.45, 2.75) is 19.9 Å². The van der Waals surface area contributed by atoms with Gasteiger partial charge in [0, 0.05) is 19.1 Å². The zero-order valence-electron chi connectivity index (χ0n) is 6.72. The molecule has 1 rings (SSSR count). The Kier molecular flexibility index (Phi) is 2.46. The normalized spacial score (nSPS) is 26.8. The number of nitrogens with two attached hydrogens (primary N) is 1. The van der Waals surface area contributed by atoms with E-state index in [0.717, 1.165) is 13.1 Å². The van der Waals surface area contributed by atoms with E-state index in [1.807, 2.05) is 0 Å². The molecule has 1 unspecified atom stereocenters. The fourth-order valence-electron chi connectivity index (χ4n) is 1.17. The molecule has 1 aliphatic heterocycles. The summed E-state index contributed by atoms with van der Waals surface area (Å²) >= 11 is 0. The molecule has 0 aromatic carbocycles. The molecular weight excluding hydrogens is 124 g/mol. The van der Waals surface area contributed by atoms with E-state index in [1.165, 1.54) is 5.57 Å². The van der Waals surface area contributed by atoms with Crippen molar-refractivity contribution in [3.05, 3.63) is 11.6 Å². The Morgan fingerprint density at radius 2 is 2.40 bits per heavy atom. The summed E-state index contributed by atoms with van der Waals surface area (Å²) in [6.45, 7) is 6.35. The van der Waals surface area contributed by atoms with Crippen LogP contribution in [-0.2, 0) is 0 Å². The van der Waals surface area contributed by atoms with Gasteiger partial charge in [-0.15, -0.1) is 0 Å². The van der Waals surface area contributed by atoms with E-state index >= 15 is 0 Å². The molecule has 0 fully saturated rings. The molecule has 2 heteroatoms. The van der Waals surface area contributed by atoms with Gasteiger partial charge in [-0.05, 0) is 5.92 Å². The van der Waals surface area contributed by atoms with E-state index in [1.54, 1.807) is 0 Å². The van der Waals surface area contributed by atoms with Crippen LogP contribution in [0.15, 0.2) is 11.6 Å². The quantitative estimate of drug-likeness (QED) is 0.520. The first-order valence-electron chi connectivity index (χ1n) is 3.87. The van der Waals surface area contributed by atoms with Crippen molar-refractivity contribution in [3.8, 4) is 0 Å². The Morgan fingerprint density at radius 1 is 1.70 bits per heavy atom. The lowest BCUT2D eigenvalue weighted by Crippen LogP contribution is -2.38. The standard InChI is InChI=1S/C8H16N2/c1-6(2)7-3-8(9)5-10-4-7/h3,6,8,10H,4-5,9H2,1-2H3. The second kappa shape index (κ2) is 3.17. The van der Waals surface area contributed by atoms with Gasteiger partial charge in [-0.2, -0.15) is 0 Å². The lowest BCUT2D eigenvalue weighted by Gasteiger charge is -2.21. The number of rotatable bonds is 1. The smallest absolute Gasteiger partial charge is 0.0354 e. The third-order valence-corrected chi connectivity index (χ3v) is 1.88. The zero-order chi connectivity index (χ0) is 7.56. The van der Waals surface area contributed by atoms with Crippen LogP contribution in [0.1, 0.15) is 13.8 Å². The predicted octanol–water partition coefficient (Wildman–Crippen LogP) is 0.499. The molecule has 0 bridgehead atoms. The van der Waals surface area contributed by atoms with Gasteiger partial charge in [0.05, 0.1) is 0 Å². The zero-order valence-corrected chi connectivity index (χ0v) is 6.72. The van der Waals surface area contributed by atoms with Crippen molar-refractivity contribution in [2.75, 3.05) is 13.1 Å². The Morgan fingerprint density at radius 3 is 2.80 bits per heavy atom. The van der Waals surface area contributed by atoms with Crippen LogP contribution >= 0.6 is 0 Å². The minimum absolute atomic E-state index is 0.228. The number of hydrogen-bond donors (Lipinski definition) is 2. The largest absolute Gasteiger partial charge is 0.323 e. The van der Waals surface area contributed by atoms with E-state index in [0.29, 0.717) is 5.92 Å². The van der Waals surface area contributed by atoms with Gasteiger partial charge >= 0.3 is 0 Å². The van der Waals surface area contributed by atoms with Crippen molar-refractivity contribution in [1.82, 2.24) is 5.32 Å². The van der Waals surface area contributed by atoms with Crippen molar-refractivity contribution < 1.29 is 0 Å². The van der Waals surface area contributed by atoms with Gasteiger partial charge in [-0.3, -0.25) is 0 Å². The minimum Gasteiger partial charge on any atom is -0.323 e. The van der Waals surface area contributed by atoms with E-state index in [2.05, 4.69) is 25.2 Å². The maximum atomic E-state index is 5.72.